The first-order valence-electron chi connectivity index (χ1n) is 11.5. The molecule has 0 saturated carbocycles. The number of thiophene rings is 1. The number of ketones is 2. The molecule has 6 nitrogen and oxygen atoms in total. The topological polar surface area (TPSA) is 91.8 Å². The van der Waals surface area contributed by atoms with E-state index in [4.69, 9.17) is 0 Å². The van der Waals surface area contributed by atoms with Gasteiger partial charge in [0.05, 0.1) is 22.9 Å². The van der Waals surface area contributed by atoms with Crippen LogP contribution in [0.5, 0.6) is 5.75 Å². The molecule has 36 heavy (non-hydrogen) atoms. The Bertz CT molecular complexity index is 1460. The molecule has 3 aliphatic carbocycles. The number of para-hydroxylation sites is 1. The lowest BCUT2D eigenvalue weighted by Gasteiger charge is -2.42. The number of likely N-dealkylation sites (tertiary alicyclic amines) is 1. The van der Waals surface area contributed by atoms with Crippen LogP contribution in [0.3, 0.4) is 0 Å². The number of fused-ring (bicyclic) bond motifs is 3. The van der Waals surface area contributed by atoms with Crippen molar-refractivity contribution in [1.29, 1.82) is 0 Å². The summed E-state index contributed by atoms with van der Waals surface area (Å²) in [5.41, 5.74) is 1.26. The van der Waals surface area contributed by atoms with Crippen molar-refractivity contribution in [3.8, 4) is 5.75 Å². The lowest BCUT2D eigenvalue weighted by Crippen LogP contribution is -2.39. The maximum absolute atomic E-state index is 14.4. The van der Waals surface area contributed by atoms with Gasteiger partial charge in [-0.05, 0) is 52.2 Å². The van der Waals surface area contributed by atoms with E-state index in [1.807, 2.05) is 23.6 Å². The van der Waals surface area contributed by atoms with Gasteiger partial charge >= 0.3 is 0 Å². The number of Topliss-reactive ketones (excluding diaryl/α,β-unsaturated/α-hetero) is 1. The van der Waals surface area contributed by atoms with Crippen LogP contribution in [0.25, 0.3) is 0 Å². The number of allylic oxidation sites excluding steroid dienone is 6. The Hall–Kier alpha value is -3.17. The molecule has 1 saturated heterocycles. The van der Waals surface area contributed by atoms with Crippen LogP contribution < -0.4 is 0 Å². The molecule has 1 aromatic heterocycles. The molecule has 1 N–H and O–H groups in total. The van der Waals surface area contributed by atoms with Gasteiger partial charge in [0.15, 0.2) is 23.1 Å². The van der Waals surface area contributed by atoms with Gasteiger partial charge in [0.2, 0.25) is 11.8 Å². The molecular formula is C27H19BrFNO5S. The molecule has 182 valence electrons. The number of imide groups is 1. The Labute approximate surface area is 217 Å². The van der Waals surface area contributed by atoms with Gasteiger partial charge in [0.1, 0.15) is 0 Å². The lowest BCUT2D eigenvalue weighted by molar-refractivity contribution is -0.140. The second-order valence-corrected chi connectivity index (χ2v) is 11.3. The zero-order valence-corrected chi connectivity index (χ0v) is 21.1. The highest BCUT2D eigenvalue weighted by Crippen LogP contribution is 2.56. The number of rotatable bonds is 3. The number of carbonyl (C=O) groups excluding carboxylic acids is 4. The summed E-state index contributed by atoms with van der Waals surface area (Å²) < 4.78 is 14.5. The molecule has 2 amide bonds. The van der Waals surface area contributed by atoms with Crippen molar-refractivity contribution in [2.75, 3.05) is 0 Å². The highest BCUT2D eigenvalue weighted by atomic mass is 79.9. The molecule has 9 heteroatoms. The van der Waals surface area contributed by atoms with E-state index in [1.165, 1.54) is 34.4 Å². The Kier molecular flexibility index (Phi) is 5.46. The summed E-state index contributed by atoms with van der Waals surface area (Å²) in [6.07, 6.45) is 3.45. The molecule has 1 fully saturated rings. The van der Waals surface area contributed by atoms with Gasteiger partial charge in [-0.25, -0.2) is 4.39 Å². The Balaban J connectivity index is 1.48. The fourth-order valence-electron chi connectivity index (χ4n) is 6.11. The number of halogens is 2. The predicted molar refractivity (Wildman–Crippen MR) is 133 cm³/mol. The van der Waals surface area contributed by atoms with E-state index in [0.29, 0.717) is 12.0 Å². The number of hydrogen-bond acceptors (Lipinski definition) is 6. The van der Waals surface area contributed by atoms with Crippen LogP contribution in [-0.4, -0.2) is 33.4 Å². The molecule has 0 spiro atoms. The molecule has 4 atom stereocenters. The van der Waals surface area contributed by atoms with Gasteiger partial charge in [0, 0.05) is 33.6 Å². The molecule has 2 heterocycles. The van der Waals surface area contributed by atoms with Crippen LogP contribution in [0.1, 0.15) is 29.2 Å². The number of hydrogen-bond donors (Lipinski definition) is 1. The molecule has 6 rings (SSSR count). The van der Waals surface area contributed by atoms with Crippen molar-refractivity contribution in [3.05, 3.63) is 85.3 Å². The molecular weight excluding hydrogens is 549 g/mol. The highest BCUT2D eigenvalue weighted by Gasteiger charge is 2.56. The average Bonchev–Trinajstić information content (AvgIpc) is 3.46. The van der Waals surface area contributed by atoms with Gasteiger partial charge in [-0.15, -0.1) is 11.3 Å². The van der Waals surface area contributed by atoms with Gasteiger partial charge in [0.25, 0.3) is 0 Å². The van der Waals surface area contributed by atoms with Crippen LogP contribution in [0.15, 0.2) is 69.1 Å². The maximum Gasteiger partial charge on any atom is 0.234 e. The minimum Gasteiger partial charge on any atom is -0.505 e. The summed E-state index contributed by atoms with van der Waals surface area (Å²) in [6.45, 7) is 0.193. The predicted octanol–water partition coefficient (Wildman–Crippen LogP) is 4.56. The number of benzene rings is 1. The number of carbonyl (C=O) groups is 4. The number of nitrogens with zero attached hydrogens (tertiary/aromatic N) is 1. The standard InChI is InChI=1S/C27H19BrFNO5S/c28-18-10-20(31)23-17(24(18)32)9-16-13(21(23)14-4-1-5-19(29)25(14)33)6-7-15-22(16)27(35)30(26(15)34)11-12-3-2-8-36-12/h1-6,8,10,15-16,21-22,33H,7,9,11H2. The summed E-state index contributed by atoms with van der Waals surface area (Å²) in [5.74, 6) is -5.45. The maximum atomic E-state index is 14.4. The Morgan fingerprint density at radius 2 is 1.89 bits per heavy atom. The largest absolute Gasteiger partial charge is 0.505 e. The van der Waals surface area contributed by atoms with E-state index in [9.17, 15) is 28.7 Å². The summed E-state index contributed by atoms with van der Waals surface area (Å²) in [7, 11) is 0. The second kappa shape index (κ2) is 8.45. The zero-order valence-electron chi connectivity index (χ0n) is 18.7. The molecule has 4 aliphatic rings. The SMILES string of the molecule is O=C1C=C(Br)C(=O)C2=C1C(c1cccc(F)c1O)C1=CCC3C(=O)N(Cc4cccs4)C(=O)C3C1C2. The molecule has 4 unspecified atom stereocenters. The van der Waals surface area contributed by atoms with E-state index in [-0.39, 0.29) is 51.8 Å². The van der Waals surface area contributed by atoms with E-state index >= 15 is 0 Å². The molecule has 0 radical (unpaired) electrons. The normalized spacial score (nSPS) is 27.6. The zero-order chi connectivity index (χ0) is 25.3. The Morgan fingerprint density at radius 3 is 2.64 bits per heavy atom. The monoisotopic (exact) mass is 567 g/mol. The number of amides is 2. The van der Waals surface area contributed by atoms with Crippen LogP contribution in [0, 0.1) is 23.6 Å². The fraction of sp³-hybridized carbons (Fsp3) is 0.259. The average molecular weight is 568 g/mol. The second-order valence-electron chi connectivity index (χ2n) is 9.41. The summed E-state index contributed by atoms with van der Waals surface area (Å²) in [5, 5.41) is 12.5. The van der Waals surface area contributed by atoms with E-state index in [0.717, 1.165) is 10.9 Å². The van der Waals surface area contributed by atoms with Crippen molar-refractivity contribution < 1.29 is 28.7 Å². The number of phenols is 1. The van der Waals surface area contributed by atoms with Crippen LogP contribution in [0.2, 0.25) is 0 Å². The third kappa shape index (κ3) is 3.33. The van der Waals surface area contributed by atoms with Crippen molar-refractivity contribution in [1.82, 2.24) is 4.90 Å². The smallest absolute Gasteiger partial charge is 0.234 e. The number of phenolic OH excluding ortho intramolecular Hbond substituents is 1. The van der Waals surface area contributed by atoms with Gasteiger partial charge in [-0.3, -0.25) is 24.1 Å². The van der Waals surface area contributed by atoms with Crippen LogP contribution >= 0.6 is 27.3 Å². The quantitative estimate of drug-likeness (QED) is 0.333. The summed E-state index contributed by atoms with van der Waals surface area (Å²) in [4.78, 5) is 55.5. The number of aromatic hydroxyl groups is 1. The van der Waals surface area contributed by atoms with Crippen molar-refractivity contribution in [3.63, 3.8) is 0 Å². The summed E-state index contributed by atoms with van der Waals surface area (Å²) >= 11 is 4.63. The highest BCUT2D eigenvalue weighted by molar-refractivity contribution is 9.12. The third-order valence-corrected chi connectivity index (χ3v) is 9.10. The van der Waals surface area contributed by atoms with Gasteiger partial charge < -0.3 is 5.11 Å². The molecule has 0 bridgehead atoms. The van der Waals surface area contributed by atoms with Crippen molar-refractivity contribution >= 4 is 50.6 Å². The third-order valence-electron chi connectivity index (χ3n) is 7.65. The van der Waals surface area contributed by atoms with Crippen molar-refractivity contribution in [2.45, 2.75) is 25.3 Å². The molecule has 1 aromatic carbocycles. The van der Waals surface area contributed by atoms with E-state index in [2.05, 4.69) is 15.9 Å². The first kappa shape index (κ1) is 23.2. The van der Waals surface area contributed by atoms with E-state index < -0.39 is 41.0 Å². The minimum atomic E-state index is -0.891. The van der Waals surface area contributed by atoms with Crippen LogP contribution in [-0.2, 0) is 25.7 Å². The first-order valence-corrected chi connectivity index (χ1v) is 13.2. The van der Waals surface area contributed by atoms with Gasteiger partial charge in [-0.1, -0.05) is 29.8 Å². The fourth-order valence-corrected chi connectivity index (χ4v) is 7.25. The lowest BCUT2D eigenvalue weighted by atomic mass is 9.59. The summed E-state index contributed by atoms with van der Waals surface area (Å²) in [6, 6.07) is 7.81. The van der Waals surface area contributed by atoms with Crippen molar-refractivity contribution in [2.24, 2.45) is 17.8 Å². The minimum absolute atomic E-state index is 0.112. The van der Waals surface area contributed by atoms with Crippen LogP contribution in [0.4, 0.5) is 4.39 Å². The van der Waals surface area contributed by atoms with E-state index in [1.54, 1.807) is 0 Å². The first-order chi connectivity index (χ1) is 17.3. The molecule has 2 aromatic rings. The van der Waals surface area contributed by atoms with Gasteiger partial charge in [-0.2, -0.15) is 0 Å². The molecule has 1 aliphatic heterocycles. The Morgan fingerprint density at radius 1 is 1.08 bits per heavy atom.